The van der Waals surface area contributed by atoms with Crippen LogP contribution < -0.4 is 5.43 Å². The zero-order valence-electron chi connectivity index (χ0n) is 12.0. The lowest BCUT2D eigenvalue weighted by Gasteiger charge is -2.27. The first-order valence-corrected chi connectivity index (χ1v) is 8.21. The maximum Gasteiger partial charge on any atom is 0.335 e. The fraction of sp³-hybridized carbons (Fsp3) is 0.467. The van der Waals surface area contributed by atoms with Gasteiger partial charge in [-0.25, -0.2) is 9.80 Å². The number of hydrogen-bond donors (Lipinski definition) is 2. The van der Waals surface area contributed by atoms with Crippen LogP contribution in [-0.2, 0) is 0 Å². The number of nitrogens with zero attached hydrogens (tertiary/aromatic N) is 2. The standard InChI is InChI=1S/C8H15N3S.C7H6O2/c1-2-5-11(6-3-1)10-8-9-4-7-12-8;8-7(9)6-4-2-1-3-5-6/h1-7H2,(H,9,10);1-5H,(H,8,9). The molecule has 2 aliphatic heterocycles. The van der Waals surface area contributed by atoms with Gasteiger partial charge < -0.3 is 5.11 Å². The summed E-state index contributed by atoms with van der Waals surface area (Å²) in [6.45, 7) is 3.35. The second-order valence-electron chi connectivity index (χ2n) is 4.87. The summed E-state index contributed by atoms with van der Waals surface area (Å²) < 4.78 is 0. The number of carboxylic acids is 1. The maximum absolute atomic E-state index is 10.2. The topological polar surface area (TPSA) is 64.9 Å². The van der Waals surface area contributed by atoms with E-state index in [1.54, 1.807) is 30.3 Å². The van der Waals surface area contributed by atoms with Crippen LogP contribution in [0.3, 0.4) is 0 Å². The number of nitrogens with one attached hydrogen (secondary N) is 1. The van der Waals surface area contributed by atoms with Crippen molar-refractivity contribution in [3.05, 3.63) is 35.9 Å². The number of carboxylic acid groups (broad SMARTS) is 1. The Bertz CT molecular complexity index is 473. The van der Waals surface area contributed by atoms with E-state index in [4.69, 9.17) is 5.11 Å². The molecule has 0 radical (unpaired) electrons. The first-order valence-electron chi connectivity index (χ1n) is 7.23. The second kappa shape index (κ2) is 8.69. The van der Waals surface area contributed by atoms with E-state index < -0.39 is 5.97 Å². The Hall–Kier alpha value is -1.53. The van der Waals surface area contributed by atoms with Crippen LogP contribution in [0.4, 0.5) is 0 Å². The molecule has 2 heterocycles. The number of hydrogen-bond acceptors (Lipinski definition) is 5. The molecule has 1 saturated heterocycles. The van der Waals surface area contributed by atoms with Gasteiger partial charge in [-0.3, -0.25) is 10.4 Å². The first kappa shape index (κ1) is 15.9. The van der Waals surface area contributed by atoms with E-state index in [9.17, 15) is 4.79 Å². The number of aromatic carboxylic acids is 1. The van der Waals surface area contributed by atoms with Crippen molar-refractivity contribution in [2.24, 2.45) is 4.99 Å². The lowest BCUT2D eigenvalue weighted by atomic mass is 10.2. The highest BCUT2D eigenvalue weighted by Crippen LogP contribution is 2.12. The van der Waals surface area contributed by atoms with Gasteiger partial charge in [0.25, 0.3) is 0 Å². The van der Waals surface area contributed by atoms with Gasteiger partial charge in [0.1, 0.15) is 0 Å². The van der Waals surface area contributed by atoms with Crippen molar-refractivity contribution >= 4 is 22.9 Å². The number of rotatable bonds is 2. The summed E-state index contributed by atoms with van der Waals surface area (Å²) in [7, 11) is 0. The number of hydrazine groups is 1. The van der Waals surface area contributed by atoms with Gasteiger partial charge in [-0.15, -0.1) is 0 Å². The molecule has 0 unspecified atom stereocenters. The van der Waals surface area contributed by atoms with Gasteiger partial charge in [0, 0.05) is 18.8 Å². The van der Waals surface area contributed by atoms with Crippen LogP contribution in [0.5, 0.6) is 0 Å². The number of benzene rings is 1. The molecule has 0 aromatic heterocycles. The van der Waals surface area contributed by atoms with E-state index in [2.05, 4.69) is 15.4 Å². The quantitative estimate of drug-likeness (QED) is 0.878. The highest BCUT2D eigenvalue weighted by molar-refractivity contribution is 8.14. The fourth-order valence-corrected chi connectivity index (χ4v) is 2.88. The highest BCUT2D eigenvalue weighted by Gasteiger charge is 2.13. The minimum absolute atomic E-state index is 0.331. The summed E-state index contributed by atoms with van der Waals surface area (Å²) in [6, 6.07) is 8.30. The van der Waals surface area contributed by atoms with Gasteiger partial charge in [0.15, 0.2) is 5.17 Å². The molecule has 0 bridgehead atoms. The Kier molecular flexibility index (Phi) is 6.56. The van der Waals surface area contributed by atoms with Crippen LogP contribution in [0.25, 0.3) is 0 Å². The van der Waals surface area contributed by atoms with E-state index >= 15 is 0 Å². The molecular formula is C15H21N3O2S. The Morgan fingerprint density at radius 3 is 2.43 bits per heavy atom. The lowest BCUT2D eigenvalue weighted by Crippen LogP contribution is -2.43. The Labute approximate surface area is 129 Å². The molecule has 3 rings (SSSR count). The fourth-order valence-electron chi connectivity index (χ4n) is 2.12. The summed E-state index contributed by atoms with van der Waals surface area (Å²) in [6.07, 6.45) is 4.04. The van der Waals surface area contributed by atoms with Gasteiger partial charge in [0.2, 0.25) is 0 Å². The van der Waals surface area contributed by atoms with Crippen molar-refractivity contribution in [3.63, 3.8) is 0 Å². The third-order valence-corrected chi connectivity index (χ3v) is 4.10. The number of piperidine rings is 1. The molecule has 0 atom stereocenters. The van der Waals surface area contributed by atoms with Crippen LogP contribution in [-0.4, -0.2) is 46.6 Å². The molecule has 6 heteroatoms. The molecule has 0 aliphatic carbocycles. The zero-order valence-corrected chi connectivity index (χ0v) is 12.8. The van der Waals surface area contributed by atoms with Gasteiger partial charge in [-0.2, -0.15) is 0 Å². The van der Waals surface area contributed by atoms with Crippen molar-refractivity contribution < 1.29 is 9.90 Å². The van der Waals surface area contributed by atoms with Gasteiger partial charge in [-0.1, -0.05) is 36.4 Å². The third-order valence-electron chi connectivity index (χ3n) is 3.22. The average Bonchev–Trinajstić information content (AvgIpc) is 3.03. The Balaban J connectivity index is 0.000000161. The molecule has 2 aliphatic rings. The van der Waals surface area contributed by atoms with Crippen LogP contribution in [0.2, 0.25) is 0 Å². The molecule has 0 spiro atoms. The summed E-state index contributed by atoms with van der Waals surface area (Å²) in [5, 5.41) is 11.8. The van der Waals surface area contributed by atoms with E-state index in [1.165, 1.54) is 32.4 Å². The molecule has 0 saturated carbocycles. The molecule has 114 valence electrons. The maximum atomic E-state index is 10.2. The SMILES string of the molecule is C1CCN(NC2=NCCS2)CC1.O=C(O)c1ccccc1. The average molecular weight is 307 g/mol. The summed E-state index contributed by atoms with van der Waals surface area (Å²) in [5.41, 5.74) is 3.70. The molecule has 1 aromatic carbocycles. The second-order valence-corrected chi connectivity index (χ2v) is 5.95. The van der Waals surface area contributed by atoms with Crippen molar-refractivity contribution in [1.29, 1.82) is 0 Å². The molecule has 0 amide bonds. The zero-order chi connectivity index (χ0) is 14.9. The molecule has 1 fully saturated rings. The first-order chi connectivity index (χ1) is 10.3. The van der Waals surface area contributed by atoms with Gasteiger partial charge >= 0.3 is 5.97 Å². The van der Waals surface area contributed by atoms with Crippen LogP contribution in [0.15, 0.2) is 35.3 Å². The predicted molar refractivity (Wildman–Crippen MR) is 86.7 cm³/mol. The van der Waals surface area contributed by atoms with E-state index in [1.807, 2.05) is 11.8 Å². The monoisotopic (exact) mass is 307 g/mol. The Morgan fingerprint density at radius 1 is 1.19 bits per heavy atom. The number of amidine groups is 1. The van der Waals surface area contributed by atoms with Gasteiger partial charge in [0.05, 0.1) is 12.1 Å². The summed E-state index contributed by atoms with van der Waals surface area (Å²) in [4.78, 5) is 14.6. The summed E-state index contributed by atoms with van der Waals surface area (Å²) in [5.74, 6) is 0.270. The number of thioether (sulfide) groups is 1. The van der Waals surface area contributed by atoms with Crippen molar-refractivity contribution in [3.8, 4) is 0 Å². The van der Waals surface area contributed by atoms with Crippen LogP contribution in [0, 0.1) is 0 Å². The highest BCUT2D eigenvalue weighted by atomic mass is 32.2. The smallest absolute Gasteiger partial charge is 0.335 e. The molecular weight excluding hydrogens is 286 g/mol. The van der Waals surface area contributed by atoms with Gasteiger partial charge in [-0.05, 0) is 25.0 Å². The van der Waals surface area contributed by atoms with Crippen LogP contribution >= 0.6 is 11.8 Å². The minimum Gasteiger partial charge on any atom is -0.478 e. The summed E-state index contributed by atoms with van der Waals surface area (Å²) >= 11 is 1.83. The molecule has 5 nitrogen and oxygen atoms in total. The molecule has 2 N–H and O–H groups in total. The van der Waals surface area contributed by atoms with Crippen LogP contribution in [0.1, 0.15) is 29.6 Å². The van der Waals surface area contributed by atoms with E-state index in [0.29, 0.717) is 5.56 Å². The largest absolute Gasteiger partial charge is 0.478 e. The molecule has 21 heavy (non-hydrogen) atoms. The normalized spacial score (nSPS) is 18.4. The minimum atomic E-state index is -0.879. The van der Waals surface area contributed by atoms with Crippen molar-refractivity contribution in [2.75, 3.05) is 25.4 Å². The predicted octanol–water partition coefficient (Wildman–Crippen LogP) is 2.46. The Morgan fingerprint density at radius 2 is 1.90 bits per heavy atom. The molecule has 1 aromatic rings. The number of aliphatic imine (C=N–C) groups is 1. The van der Waals surface area contributed by atoms with Crippen molar-refractivity contribution in [1.82, 2.24) is 10.4 Å². The van der Waals surface area contributed by atoms with E-state index in [0.717, 1.165) is 17.5 Å². The van der Waals surface area contributed by atoms with Crippen molar-refractivity contribution in [2.45, 2.75) is 19.3 Å². The third kappa shape index (κ3) is 5.77. The lowest BCUT2D eigenvalue weighted by molar-refractivity contribution is 0.0697. The number of carbonyl (C=O) groups is 1. The van der Waals surface area contributed by atoms with E-state index in [-0.39, 0.29) is 0 Å².